The van der Waals surface area contributed by atoms with Crippen LogP contribution in [0.1, 0.15) is 12.5 Å². The zero-order valence-corrected chi connectivity index (χ0v) is 8.92. The van der Waals surface area contributed by atoms with Gasteiger partial charge in [0.1, 0.15) is 17.9 Å². The van der Waals surface area contributed by atoms with Gasteiger partial charge in [0, 0.05) is 6.20 Å². The second-order valence-corrected chi connectivity index (χ2v) is 3.19. The lowest BCUT2D eigenvalue weighted by molar-refractivity contribution is 0.453. The smallest absolute Gasteiger partial charge is 0.227 e. The van der Waals surface area contributed by atoms with Gasteiger partial charge in [-0.1, -0.05) is 6.92 Å². The van der Waals surface area contributed by atoms with E-state index in [0.29, 0.717) is 17.4 Å². The molecule has 0 fully saturated rings. The molecule has 2 N–H and O–H groups in total. The molecular weight excluding hydrogens is 204 g/mol. The Kier molecular flexibility index (Phi) is 2.95. The molecule has 82 valence electrons. The first kappa shape index (κ1) is 10.4. The molecule has 0 aliphatic heterocycles. The van der Waals surface area contributed by atoms with E-state index in [2.05, 4.69) is 15.0 Å². The Hall–Kier alpha value is -2.17. The van der Waals surface area contributed by atoms with Gasteiger partial charge in [-0.2, -0.15) is 0 Å². The fourth-order valence-electron chi connectivity index (χ4n) is 1.35. The first-order valence-electron chi connectivity index (χ1n) is 4.98. The summed E-state index contributed by atoms with van der Waals surface area (Å²) >= 11 is 0. The second kappa shape index (κ2) is 4.57. The molecule has 0 atom stereocenters. The zero-order valence-electron chi connectivity index (χ0n) is 8.92. The average Bonchev–Trinajstić information content (AvgIpc) is 2.31. The highest BCUT2D eigenvalue weighted by Crippen LogP contribution is 2.24. The van der Waals surface area contributed by atoms with E-state index in [0.717, 1.165) is 12.0 Å². The quantitative estimate of drug-likeness (QED) is 0.846. The van der Waals surface area contributed by atoms with E-state index in [-0.39, 0.29) is 0 Å². The number of ether oxygens (including phenoxy) is 1. The molecule has 0 aromatic carbocycles. The molecule has 0 saturated heterocycles. The summed E-state index contributed by atoms with van der Waals surface area (Å²) < 4.78 is 5.59. The van der Waals surface area contributed by atoms with Crippen LogP contribution in [0.4, 0.5) is 5.82 Å². The lowest BCUT2D eigenvalue weighted by atomic mass is 10.2. The van der Waals surface area contributed by atoms with Gasteiger partial charge >= 0.3 is 0 Å². The van der Waals surface area contributed by atoms with Gasteiger partial charge in [0.05, 0.1) is 11.8 Å². The monoisotopic (exact) mass is 216 g/mol. The molecule has 0 unspecified atom stereocenters. The summed E-state index contributed by atoms with van der Waals surface area (Å²) in [5.41, 5.74) is 6.55. The van der Waals surface area contributed by atoms with E-state index in [9.17, 15) is 0 Å². The molecule has 16 heavy (non-hydrogen) atoms. The number of hydrogen-bond donors (Lipinski definition) is 1. The van der Waals surface area contributed by atoms with Gasteiger partial charge in [-0.3, -0.25) is 4.98 Å². The maximum Gasteiger partial charge on any atom is 0.227 e. The minimum atomic E-state index is 0.455. The first-order valence-corrected chi connectivity index (χ1v) is 4.98. The zero-order chi connectivity index (χ0) is 11.4. The van der Waals surface area contributed by atoms with Gasteiger partial charge < -0.3 is 10.5 Å². The van der Waals surface area contributed by atoms with Crippen molar-refractivity contribution in [1.82, 2.24) is 15.0 Å². The Morgan fingerprint density at radius 1 is 1.38 bits per heavy atom. The van der Waals surface area contributed by atoms with Crippen molar-refractivity contribution < 1.29 is 4.74 Å². The van der Waals surface area contributed by atoms with Crippen molar-refractivity contribution in [2.75, 3.05) is 5.73 Å². The number of anilines is 1. The van der Waals surface area contributed by atoms with E-state index < -0.39 is 0 Å². The van der Waals surface area contributed by atoms with Crippen molar-refractivity contribution in [2.24, 2.45) is 0 Å². The number of nitrogens with two attached hydrogens (primary N) is 1. The average molecular weight is 216 g/mol. The minimum absolute atomic E-state index is 0.455. The predicted molar refractivity (Wildman–Crippen MR) is 60.1 cm³/mol. The fourth-order valence-corrected chi connectivity index (χ4v) is 1.35. The van der Waals surface area contributed by atoms with Crippen LogP contribution in [0.5, 0.6) is 11.6 Å². The molecule has 0 aliphatic carbocycles. The number of hydrogen-bond acceptors (Lipinski definition) is 5. The molecule has 2 aromatic rings. The van der Waals surface area contributed by atoms with Gasteiger partial charge in [0.15, 0.2) is 0 Å². The number of rotatable bonds is 3. The third kappa shape index (κ3) is 2.08. The summed E-state index contributed by atoms with van der Waals surface area (Å²) in [7, 11) is 0. The summed E-state index contributed by atoms with van der Waals surface area (Å²) in [5, 5.41) is 0. The Bertz CT molecular complexity index is 473. The van der Waals surface area contributed by atoms with Gasteiger partial charge in [-0.15, -0.1) is 0 Å². The maximum absolute atomic E-state index is 5.74. The van der Waals surface area contributed by atoms with Gasteiger partial charge in [0.25, 0.3) is 0 Å². The number of nitrogens with zero attached hydrogens (tertiary/aromatic N) is 3. The topological polar surface area (TPSA) is 73.9 Å². The van der Waals surface area contributed by atoms with Gasteiger partial charge in [-0.05, 0) is 18.6 Å². The Morgan fingerprint density at radius 2 is 2.25 bits per heavy atom. The Morgan fingerprint density at radius 3 is 2.94 bits per heavy atom. The third-order valence-electron chi connectivity index (χ3n) is 2.14. The SMILES string of the molecule is CCc1c(N)ncnc1Oc1cccnc1. The Balaban J connectivity index is 2.31. The molecule has 2 rings (SSSR count). The highest BCUT2D eigenvalue weighted by molar-refractivity contribution is 5.45. The largest absolute Gasteiger partial charge is 0.437 e. The van der Waals surface area contributed by atoms with Crippen LogP contribution < -0.4 is 10.5 Å². The molecule has 0 bridgehead atoms. The van der Waals surface area contributed by atoms with Gasteiger partial charge in [-0.25, -0.2) is 9.97 Å². The molecule has 0 aliphatic rings. The standard InChI is InChI=1S/C11H12N4O/c1-2-9-10(12)14-7-15-11(9)16-8-4-3-5-13-6-8/h3-7H,2H2,1H3,(H2,12,14,15). The summed E-state index contributed by atoms with van der Waals surface area (Å²) in [5.74, 6) is 1.58. The highest BCUT2D eigenvalue weighted by atomic mass is 16.5. The number of aromatic nitrogens is 3. The normalized spacial score (nSPS) is 10.1. The van der Waals surface area contributed by atoms with Crippen LogP contribution >= 0.6 is 0 Å². The molecule has 5 nitrogen and oxygen atoms in total. The molecule has 0 amide bonds. The van der Waals surface area contributed by atoms with Crippen LogP contribution in [0.25, 0.3) is 0 Å². The van der Waals surface area contributed by atoms with Crippen molar-refractivity contribution in [2.45, 2.75) is 13.3 Å². The lowest BCUT2D eigenvalue weighted by Crippen LogP contribution is -2.01. The summed E-state index contributed by atoms with van der Waals surface area (Å²) in [6, 6.07) is 3.61. The summed E-state index contributed by atoms with van der Waals surface area (Å²) in [6.07, 6.45) is 5.42. The van der Waals surface area contributed by atoms with Crippen molar-refractivity contribution in [3.8, 4) is 11.6 Å². The van der Waals surface area contributed by atoms with E-state index >= 15 is 0 Å². The van der Waals surface area contributed by atoms with Crippen molar-refractivity contribution in [1.29, 1.82) is 0 Å². The molecule has 0 spiro atoms. The second-order valence-electron chi connectivity index (χ2n) is 3.19. The van der Waals surface area contributed by atoms with Crippen molar-refractivity contribution in [3.63, 3.8) is 0 Å². The number of nitrogen functional groups attached to an aromatic ring is 1. The van der Waals surface area contributed by atoms with Crippen LogP contribution in [0.15, 0.2) is 30.9 Å². The van der Waals surface area contributed by atoms with Crippen LogP contribution in [0.3, 0.4) is 0 Å². The molecule has 2 aromatic heterocycles. The van der Waals surface area contributed by atoms with E-state index in [4.69, 9.17) is 10.5 Å². The molecular formula is C11H12N4O. The van der Waals surface area contributed by atoms with Crippen LogP contribution in [0.2, 0.25) is 0 Å². The summed E-state index contributed by atoms with van der Waals surface area (Å²) in [4.78, 5) is 11.9. The van der Waals surface area contributed by atoms with Crippen LogP contribution in [0, 0.1) is 0 Å². The fraction of sp³-hybridized carbons (Fsp3) is 0.182. The van der Waals surface area contributed by atoms with Crippen LogP contribution in [-0.2, 0) is 6.42 Å². The first-order chi connectivity index (χ1) is 7.81. The maximum atomic E-state index is 5.74. The van der Waals surface area contributed by atoms with Crippen LogP contribution in [-0.4, -0.2) is 15.0 Å². The Labute approximate surface area is 93.3 Å². The molecule has 2 heterocycles. The predicted octanol–water partition coefficient (Wildman–Crippen LogP) is 1.81. The van der Waals surface area contributed by atoms with E-state index in [1.165, 1.54) is 6.33 Å². The van der Waals surface area contributed by atoms with Crippen molar-refractivity contribution in [3.05, 3.63) is 36.4 Å². The highest BCUT2D eigenvalue weighted by Gasteiger charge is 2.09. The third-order valence-corrected chi connectivity index (χ3v) is 2.14. The van der Waals surface area contributed by atoms with E-state index in [1.54, 1.807) is 18.5 Å². The number of pyridine rings is 1. The van der Waals surface area contributed by atoms with Gasteiger partial charge in [0.2, 0.25) is 5.88 Å². The van der Waals surface area contributed by atoms with Crippen molar-refractivity contribution >= 4 is 5.82 Å². The van der Waals surface area contributed by atoms with E-state index in [1.807, 2.05) is 13.0 Å². The molecule has 5 heteroatoms. The lowest BCUT2D eigenvalue weighted by Gasteiger charge is -2.09. The minimum Gasteiger partial charge on any atom is -0.437 e. The summed E-state index contributed by atoms with van der Waals surface area (Å²) in [6.45, 7) is 1.98. The molecule has 0 saturated carbocycles. The molecule has 0 radical (unpaired) electrons.